The lowest BCUT2D eigenvalue weighted by atomic mass is 10.1. The highest BCUT2D eigenvalue weighted by Gasteiger charge is 2.20. The molecule has 0 radical (unpaired) electrons. The van der Waals surface area contributed by atoms with Crippen molar-refractivity contribution in [2.75, 3.05) is 19.6 Å². The Morgan fingerprint density at radius 1 is 1.61 bits per heavy atom. The van der Waals surface area contributed by atoms with Crippen LogP contribution in [-0.2, 0) is 6.54 Å². The molecule has 1 atom stereocenters. The summed E-state index contributed by atoms with van der Waals surface area (Å²) >= 11 is 0. The number of nitrogens with one attached hydrogen (secondary N) is 1. The highest BCUT2D eigenvalue weighted by Crippen LogP contribution is 2.21. The Hall–Kier alpha value is -1.53. The van der Waals surface area contributed by atoms with Gasteiger partial charge >= 0.3 is 0 Å². The number of benzene rings is 1. The van der Waals surface area contributed by atoms with E-state index in [9.17, 15) is 14.5 Å². The Morgan fingerprint density at radius 3 is 3.06 bits per heavy atom. The molecule has 1 unspecified atom stereocenters. The van der Waals surface area contributed by atoms with Gasteiger partial charge in [0.25, 0.3) is 5.69 Å². The van der Waals surface area contributed by atoms with Crippen molar-refractivity contribution in [3.63, 3.8) is 0 Å². The molecule has 5 nitrogen and oxygen atoms in total. The van der Waals surface area contributed by atoms with E-state index < -0.39 is 10.7 Å². The van der Waals surface area contributed by atoms with Gasteiger partial charge in [-0.15, -0.1) is 0 Å². The van der Waals surface area contributed by atoms with E-state index in [1.165, 1.54) is 12.1 Å². The smallest absolute Gasteiger partial charge is 0.274 e. The van der Waals surface area contributed by atoms with Crippen LogP contribution in [0, 0.1) is 15.9 Å². The van der Waals surface area contributed by atoms with Crippen LogP contribution in [0.15, 0.2) is 18.2 Å². The molecule has 18 heavy (non-hydrogen) atoms. The SMILES string of the molecule is CC1CN(Cc2cc(F)ccc2[N+](=O)[O-])CCN1. The minimum atomic E-state index is -0.458. The molecule has 1 aromatic carbocycles. The van der Waals surface area contributed by atoms with Crippen molar-refractivity contribution in [1.29, 1.82) is 0 Å². The molecule has 1 aliphatic heterocycles. The highest BCUT2D eigenvalue weighted by molar-refractivity contribution is 5.40. The monoisotopic (exact) mass is 253 g/mol. The molecule has 0 amide bonds. The van der Waals surface area contributed by atoms with Gasteiger partial charge in [-0.2, -0.15) is 0 Å². The van der Waals surface area contributed by atoms with Crippen LogP contribution in [0.3, 0.4) is 0 Å². The normalized spacial score (nSPS) is 20.9. The van der Waals surface area contributed by atoms with Gasteiger partial charge in [-0.25, -0.2) is 4.39 Å². The molecule has 6 heteroatoms. The van der Waals surface area contributed by atoms with Crippen LogP contribution in [0.25, 0.3) is 0 Å². The topological polar surface area (TPSA) is 58.4 Å². The largest absolute Gasteiger partial charge is 0.312 e. The molecule has 0 aromatic heterocycles. The summed E-state index contributed by atoms with van der Waals surface area (Å²) < 4.78 is 13.2. The van der Waals surface area contributed by atoms with E-state index in [1.54, 1.807) is 0 Å². The molecule has 0 bridgehead atoms. The fourth-order valence-electron chi connectivity index (χ4n) is 2.26. The number of piperazine rings is 1. The Morgan fingerprint density at radius 2 is 2.39 bits per heavy atom. The number of nitro groups is 1. The first-order valence-corrected chi connectivity index (χ1v) is 5.95. The van der Waals surface area contributed by atoms with Gasteiger partial charge in [0, 0.05) is 43.9 Å². The van der Waals surface area contributed by atoms with E-state index in [0.29, 0.717) is 18.2 Å². The fourth-order valence-corrected chi connectivity index (χ4v) is 2.26. The second-order valence-electron chi connectivity index (χ2n) is 4.62. The summed E-state index contributed by atoms with van der Waals surface area (Å²) in [4.78, 5) is 12.5. The van der Waals surface area contributed by atoms with Gasteiger partial charge in [-0.1, -0.05) is 0 Å². The minimum absolute atomic E-state index is 0.0115. The van der Waals surface area contributed by atoms with Crippen LogP contribution in [0.5, 0.6) is 0 Å². The maximum absolute atomic E-state index is 13.2. The second kappa shape index (κ2) is 5.41. The molecular formula is C12H16FN3O2. The zero-order valence-corrected chi connectivity index (χ0v) is 10.2. The molecule has 0 spiro atoms. The summed E-state index contributed by atoms with van der Waals surface area (Å²) in [5.74, 6) is -0.432. The number of nitrogens with zero attached hydrogens (tertiary/aromatic N) is 2. The maximum atomic E-state index is 13.2. The summed E-state index contributed by atoms with van der Waals surface area (Å²) in [6.07, 6.45) is 0. The molecule has 1 heterocycles. The first-order valence-electron chi connectivity index (χ1n) is 5.95. The summed E-state index contributed by atoms with van der Waals surface area (Å²) in [6.45, 7) is 4.96. The van der Waals surface area contributed by atoms with E-state index in [-0.39, 0.29) is 5.69 Å². The van der Waals surface area contributed by atoms with Crippen LogP contribution in [0.2, 0.25) is 0 Å². The van der Waals surface area contributed by atoms with Crippen LogP contribution >= 0.6 is 0 Å². The quantitative estimate of drug-likeness (QED) is 0.655. The van der Waals surface area contributed by atoms with Gasteiger partial charge in [0.2, 0.25) is 0 Å². The van der Waals surface area contributed by atoms with Gasteiger partial charge in [0.15, 0.2) is 0 Å². The summed E-state index contributed by atoms with van der Waals surface area (Å²) in [7, 11) is 0. The summed E-state index contributed by atoms with van der Waals surface area (Å²) in [5, 5.41) is 14.2. The second-order valence-corrected chi connectivity index (χ2v) is 4.62. The number of halogens is 1. The van der Waals surface area contributed by atoms with Crippen molar-refractivity contribution in [3.05, 3.63) is 39.7 Å². The molecule has 1 saturated heterocycles. The predicted octanol–water partition coefficient (Wildman–Crippen LogP) is 1.53. The standard InChI is InChI=1S/C12H16FN3O2/c1-9-7-15(5-4-14-9)8-10-6-11(13)2-3-12(10)16(17)18/h2-3,6,9,14H,4-5,7-8H2,1H3. The van der Waals surface area contributed by atoms with Gasteiger partial charge in [-0.3, -0.25) is 15.0 Å². The Bertz CT molecular complexity index is 453. The minimum Gasteiger partial charge on any atom is -0.312 e. The highest BCUT2D eigenvalue weighted by atomic mass is 19.1. The third-order valence-electron chi connectivity index (χ3n) is 3.09. The van der Waals surface area contributed by atoms with E-state index in [2.05, 4.69) is 17.1 Å². The molecule has 98 valence electrons. The van der Waals surface area contributed by atoms with Gasteiger partial charge in [-0.05, 0) is 19.1 Å². The van der Waals surface area contributed by atoms with Crippen LogP contribution < -0.4 is 5.32 Å². The molecule has 0 saturated carbocycles. The molecule has 0 aliphatic carbocycles. The zero-order chi connectivity index (χ0) is 13.1. The van der Waals surface area contributed by atoms with E-state index in [4.69, 9.17) is 0 Å². The molecule has 1 aromatic rings. The van der Waals surface area contributed by atoms with E-state index in [1.807, 2.05) is 0 Å². The Balaban J connectivity index is 2.16. The van der Waals surface area contributed by atoms with Crippen LogP contribution in [0.1, 0.15) is 12.5 Å². The number of rotatable bonds is 3. The van der Waals surface area contributed by atoms with Crippen LogP contribution in [0.4, 0.5) is 10.1 Å². The number of hydrogen-bond donors (Lipinski definition) is 1. The third-order valence-corrected chi connectivity index (χ3v) is 3.09. The summed E-state index contributed by atoms with van der Waals surface area (Å²) in [5.41, 5.74) is 0.427. The number of nitro benzene ring substituents is 1. The average molecular weight is 253 g/mol. The molecule has 1 fully saturated rings. The lowest BCUT2D eigenvalue weighted by Gasteiger charge is -2.31. The van der Waals surface area contributed by atoms with E-state index >= 15 is 0 Å². The van der Waals surface area contributed by atoms with Gasteiger partial charge < -0.3 is 5.32 Å². The first kappa shape index (κ1) is 12.9. The molecule has 2 rings (SSSR count). The van der Waals surface area contributed by atoms with Crippen molar-refractivity contribution >= 4 is 5.69 Å². The molecule has 1 N–H and O–H groups in total. The van der Waals surface area contributed by atoms with Gasteiger partial charge in [0.05, 0.1) is 4.92 Å². The van der Waals surface area contributed by atoms with E-state index in [0.717, 1.165) is 25.7 Å². The molecular weight excluding hydrogens is 237 g/mol. The van der Waals surface area contributed by atoms with Crippen molar-refractivity contribution in [1.82, 2.24) is 10.2 Å². The van der Waals surface area contributed by atoms with Crippen molar-refractivity contribution in [2.45, 2.75) is 19.5 Å². The molecule has 1 aliphatic rings. The van der Waals surface area contributed by atoms with Gasteiger partial charge in [0.1, 0.15) is 5.82 Å². The third kappa shape index (κ3) is 3.02. The lowest BCUT2D eigenvalue weighted by molar-refractivity contribution is -0.385. The van der Waals surface area contributed by atoms with Crippen molar-refractivity contribution < 1.29 is 9.31 Å². The maximum Gasteiger partial charge on any atom is 0.274 e. The Labute approximate surface area is 105 Å². The van der Waals surface area contributed by atoms with Crippen LogP contribution in [-0.4, -0.2) is 35.5 Å². The average Bonchev–Trinajstić information content (AvgIpc) is 2.28. The lowest BCUT2D eigenvalue weighted by Crippen LogP contribution is -2.48. The fraction of sp³-hybridized carbons (Fsp3) is 0.500. The summed E-state index contributed by atoms with van der Waals surface area (Å²) in [6, 6.07) is 3.97. The first-order chi connectivity index (χ1) is 8.56. The van der Waals surface area contributed by atoms with Crippen molar-refractivity contribution in [3.8, 4) is 0 Å². The Kier molecular flexibility index (Phi) is 3.88. The van der Waals surface area contributed by atoms with Crippen molar-refractivity contribution in [2.24, 2.45) is 0 Å². The number of hydrogen-bond acceptors (Lipinski definition) is 4. The predicted molar refractivity (Wildman–Crippen MR) is 65.8 cm³/mol. The zero-order valence-electron chi connectivity index (χ0n) is 10.2.